The molecule has 6 aromatic rings. The summed E-state index contributed by atoms with van der Waals surface area (Å²) in [7, 11) is 2.71. The Morgan fingerprint density at radius 3 is 1.08 bits per heavy atom. The van der Waals surface area contributed by atoms with Crippen LogP contribution in [0.3, 0.4) is 0 Å². The first-order chi connectivity index (χ1) is 17.9. The van der Waals surface area contributed by atoms with Gasteiger partial charge in [-0.1, -0.05) is 48.5 Å². The first-order valence-corrected chi connectivity index (χ1v) is 11.5. The minimum Gasteiger partial charge on any atom is -0.504 e. The highest BCUT2D eigenvalue weighted by atomic mass is 16.5. The van der Waals surface area contributed by atoms with Crippen LogP contribution in [0.5, 0.6) is 46.0 Å². The van der Waals surface area contributed by atoms with E-state index < -0.39 is 11.5 Å². The van der Waals surface area contributed by atoms with Crippen molar-refractivity contribution in [1.29, 1.82) is 0 Å². The van der Waals surface area contributed by atoms with E-state index >= 15 is 0 Å². The summed E-state index contributed by atoms with van der Waals surface area (Å²) in [6.45, 7) is 0. The van der Waals surface area contributed by atoms with Gasteiger partial charge in [0.15, 0.2) is 23.0 Å². The van der Waals surface area contributed by atoms with E-state index in [0.29, 0.717) is 21.5 Å². The van der Waals surface area contributed by atoms with Gasteiger partial charge in [0.2, 0.25) is 23.0 Å². The fraction of sp³-hybridized carbons (Fsp3) is 0.0667. The Kier molecular flexibility index (Phi) is 5.01. The Morgan fingerprint density at radius 2 is 0.757 bits per heavy atom. The molecule has 0 aromatic heterocycles. The first kappa shape index (κ1) is 22.4. The molecule has 0 spiro atoms. The molecule has 184 valence electrons. The molecule has 0 aliphatic heterocycles. The molecule has 7 heteroatoms. The van der Waals surface area contributed by atoms with Gasteiger partial charge in [-0.15, -0.1) is 0 Å². The number of rotatable bonds is 4. The van der Waals surface area contributed by atoms with Crippen molar-refractivity contribution < 1.29 is 34.6 Å². The maximum Gasteiger partial charge on any atom is 0.208 e. The van der Waals surface area contributed by atoms with E-state index in [4.69, 9.17) is 14.2 Å². The normalized spacial score (nSPS) is 11.4. The summed E-state index contributed by atoms with van der Waals surface area (Å²) in [4.78, 5) is 0. The molecule has 0 amide bonds. The predicted molar refractivity (Wildman–Crippen MR) is 143 cm³/mol. The number of ether oxygens (including phenoxy) is 3. The number of phenolic OH excluding ortho intramolecular Hbond substituents is 4. The van der Waals surface area contributed by atoms with Crippen LogP contribution >= 0.6 is 0 Å². The summed E-state index contributed by atoms with van der Waals surface area (Å²) in [6, 6.07) is 22.3. The van der Waals surface area contributed by atoms with E-state index in [1.807, 2.05) is 60.7 Å². The van der Waals surface area contributed by atoms with Gasteiger partial charge in [-0.3, -0.25) is 0 Å². The van der Waals surface area contributed by atoms with Crippen LogP contribution in [0.15, 0.2) is 72.8 Å². The largest absolute Gasteiger partial charge is 0.504 e. The van der Waals surface area contributed by atoms with Crippen molar-refractivity contribution in [2.45, 2.75) is 0 Å². The topological polar surface area (TPSA) is 109 Å². The first-order valence-electron chi connectivity index (χ1n) is 11.5. The molecule has 0 aliphatic rings. The van der Waals surface area contributed by atoms with Crippen LogP contribution in [0.25, 0.3) is 43.1 Å². The second kappa shape index (κ2) is 8.27. The van der Waals surface area contributed by atoms with E-state index in [1.165, 1.54) is 14.2 Å². The Hall–Kier alpha value is -5.04. The highest BCUT2D eigenvalue weighted by molar-refractivity contribution is 6.09. The molecule has 4 N–H and O–H groups in total. The zero-order chi connectivity index (χ0) is 25.8. The second-order valence-electron chi connectivity index (χ2n) is 8.71. The smallest absolute Gasteiger partial charge is 0.208 e. The van der Waals surface area contributed by atoms with Crippen molar-refractivity contribution in [1.82, 2.24) is 0 Å². The van der Waals surface area contributed by atoms with Crippen molar-refractivity contribution in [3.63, 3.8) is 0 Å². The van der Waals surface area contributed by atoms with E-state index in [2.05, 4.69) is 0 Å². The van der Waals surface area contributed by atoms with Crippen LogP contribution in [0, 0.1) is 0 Å². The third-order valence-electron chi connectivity index (χ3n) is 6.67. The molecular weight excluding hydrogens is 472 g/mol. The van der Waals surface area contributed by atoms with Crippen LogP contribution in [-0.4, -0.2) is 34.6 Å². The summed E-state index contributed by atoms with van der Waals surface area (Å²) in [5, 5.41) is 48.4. The third-order valence-corrected chi connectivity index (χ3v) is 6.67. The lowest BCUT2D eigenvalue weighted by atomic mass is 10.00. The highest BCUT2D eigenvalue weighted by Gasteiger charge is 2.27. The summed E-state index contributed by atoms with van der Waals surface area (Å²) in [5.74, 6) is -1.64. The Balaban J connectivity index is 1.72. The van der Waals surface area contributed by atoms with Crippen molar-refractivity contribution in [3.8, 4) is 46.0 Å². The van der Waals surface area contributed by atoms with Crippen molar-refractivity contribution in [2.75, 3.05) is 14.2 Å². The predicted octanol–water partition coefficient (Wildman–Crippen LogP) is 6.93. The SMILES string of the molecule is COc1c(O)c(O)c2cc3ccccc3cc2c1Oc1c(OC)c(O)c(O)c2cc3ccccc3cc12. The molecule has 0 radical (unpaired) electrons. The van der Waals surface area contributed by atoms with Gasteiger partial charge in [0.1, 0.15) is 0 Å². The van der Waals surface area contributed by atoms with Crippen LogP contribution < -0.4 is 14.2 Å². The van der Waals surface area contributed by atoms with Gasteiger partial charge in [0.05, 0.1) is 14.2 Å². The maximum atomic E-state index is 10.8. The Morgan fingerprint density at radius 1 is 0.432 bits per heavy atom. The van der Waals surface area contributed by atoms with Gasteiger partial charge in [0.25, 0.3) is 0 Å². The van der Waals surface area contributed by atoms with Crippen LogP contribution in [0.2, 0.25) is 0 Å². The molecule has 0 atom stereocenters. The fourth-order valence-corrected chi connectivity index (χ4v) is 4.86. The molecule has 0 fully saturated rings. The maximum absolute atomic E-state index is 10.8. The zero-order valence-corrected chi connectivity index (χ0v) is 19.9. The Bertz CT molecular complexity index is 1740. The lowest BCUT2D eigenvalue weighted by Gasteiger charge is -2.20. The van der Waals surface area contributed by atoms with E-state index in [1.54, 1.807) is 12.1 Å². The molecule has 37 heavy (non-hydrogen) atoms. The number of hydrogen-bond acceptors (Lipinski definition) is 7. The summed E-state index contributed by atoms with van der Waals surface area (Å²) in [5.41, 5.74) is 0. The minimum atomic E-state index is -0.489. The number of benzene rings is 6. The number of methoxy groups -OCH3 is 2. The van der Waals surface area contributed by atoms with Gasteiger partial charge < -0.3 is 34.6 Å². The van der Waals surface area contributed by atoms with Gasteiger partial charge >= 0.3 is 0 Å². The molecule has 0 saturated carbocycles. The Labute approximate surface area is 210 Å². The molecule has 0 heterocycles. The van der Waals surface area contributed by atoms with Crippen molar-refractivity contribution in [3.05, 3.63) is 72.8 Å². The zero-order valence-electron chi connectivity index (χ0n) is 19.9. The second-order valence-corrected chi connectivity index (χ2v) is 8.71. The summed E-state index contributed by atoms with van der Waals surface area (Å²) < 4.78 is 17.4. The van der Waals surface area contributed by atoms with Gasteiger partial charge in [-0.2, -0.15) is 0 Å². The van der Waals surface area contributed by atoms with Crippen molar-refractivity contribution in [2.24, 2.45) is 0 Å². The van der Waals surface area contributed by atoms with Gasteiger partial charge in [-0.25, -0.2) is 0 Å². The number of fused-ring (bicyclic) bond motifs is 4. The molecule has 6 rings (SSSR count). The van der Waals surface area contributed by atoms with Gasteiger partial charge in [-0.05, 0) is 45.8 Å². The quantitative estimate of drug-likeness (QED) is 0.155. The summed E-state index contributed by atoms with van der Waals surface area (Å²) in [6.07, 6.45) is 0. The van der Waals surface area contributed by atoms with Crippen LogP contribution in [0.1, 0.15) is 0 Å². The molecule has 6 aromatic carbocycles. The number of phenols is 4. The monoisotopic (exact) mass is 494 g/mol. The van der Waals surface area contributed by atoms with Crippen molar-refractivity contribution >= 4 is 43.1 Å². The van der Waals surface area contributed by atoms with E-state index in [0.717, 1.165) is 21.5 Å². The average Bonchev–Trinajstić information content (AvgIpc) is 2.93. The molecule has 7 nitrogen and oxygen atoms in total. The fourth-order valence-electron chi connectivity index (χ4n) is 4.86. The van der Waals surface area contributed by atoms with E-state index in [9.17, 15) is 20.4 Å². The molecular formula is C30H22O7. The highest BCUT2D eigenvalue weighted by Crippen LogP contribution is 2.56. The minimum absolute atomic E-state index is 0.0937. The standard InChI is InChI=1S/C30H22O7/c1-35-29-25(33)23(31)19-11-15-7-3-5-9-17(15)13-21(19)27(29)37-28-22-14-18-10-6-4-8-16(18)12-20(22)24(32)26(34)30(28)36-2/h3-14,31-34H,1-2H3. The van der Waals surface area contributed by atoms with Gasteiger partial charge in [0, 0.05) is 21.5 Å². The van der Waals surface area contributed by atoms with Crippen LogP contribution in [0.4, 0.5) is 0 Å². The third kappa shape index (κ3) is 3.28. The lowest BCUT2D eigenvalue weighted by molar-refractivity contribution is 0.321. The summed E-state index contributed by atoms with van der Waals surface area (Å²) >= 11 is 0. The average molecular weight is 494 g/mol. The van der Waals surface area contributed by atoms with Crippen LogP contribution in [-0.2, 0) is 0 Å². The lowest BCUT2D eigenvalue weighted by Crippen LogP contribution is -1.97. The number of hydrogen-bond donors (Lipinski definition) is 4. The molecule has 0 bridgehead atoms. The molecule has 0 saturated heterocycles. The number of aromatic hydroxyl groups is 4. The van der Waals surface area contributed by atoms with E-state index in [-0.39, 0.29) is 34.5 Å². The molecule has 0 unspecified atom stereocenters. The molecule has 0 aliphatic carbocycles.